The summed E-state index contributed by atoms with van der Waals surface area (Å²) in [4.78, 5) is 24.0. The molecule has 0 aromatic rings. The van der Waals surface area contributed by atoms with Crippen molar-refractivity contribution in [3.05, 3.63) is 12.2 Å². The van der Waals surface area contributed by atoms with E-state index in [1.807, 2.05) is 0 Å². The van der Waals surface area contributed by atoms with E-state index in [9.17, 15) is 26.4 Å². The predicted molar refractivity (Wildman–Crippen MR) is 132 cm³/mol. The Hall–Kier alpha value is -1.50. The van der Waals surface area contributed by atoms with Gasteiger partial charge in [-0.05, 0) is 53.4 Å². The van der Waals surface area contributed by atoms with Crippen molar-refractivity contribution in [2.45, 2.75) is 90.8 Å². The molecule has 0 unspecified atom stereocenters. The first-order valence-corrected chi connectivity index (χ1v) is 14.1. The summed E-state index contributed by atoms with van der Waals surface area (Å²) in [5.41, 5.74) is 0. The van der Waals surface area contributed by atoms with E-state index in [1.165, 1.54) is 0 Å². The zero-order valence-corrected chi connectivity index (χ0v) is 23.6. The monoisotopic (exact) mass is 526 g/mol. The SMILES string of the molecule is CC(C)[C@H](COC(=O)/C=C/C(=O)OC[C@H](NS(=O)(=O)C(C)(C)C)C(C)C)NS(=O)(=O)C(C)(C)C. The lowest BCUT2D eigenvalue weighted by Gasteiger charge is -2.27. The van der Waals surface area contributed by atoms with Gasteiger partial charge in [0.25, 0.3) is 0 Å². The van der Waals surface area contributed by atoms with Crippen molar-refractivity contribution in [2.24, 2.45) is 11.8 Å². The van der Waals surface area contributed by atoms with Crippen LogP contribution in [0.5, 0.6) is 0 Å². The summed E-state index contributed by atoms with van der Waals surface area (Å²) < 4.78 is 62.7. The molecule has 34 heavy (non-hydrogen) atoms. The number of esters is 2. The maximum absolute atomic E-state index is 12.4. The van der Waals surface area contributed by atoms with Gasteiger partial charge in [0, 0.05) is 12.2 Å². The maximum atomic E-state index is 12.4. The number of nitrogens with one attached hydrogen (secondary N) is 2. The van der Waals surface area contributed by atoms with E-state index >= 15 is 0 Å². The summed E-state index contributed by atoms with van der Waals surface area (Å²) in [6.45, 7) is 16.1. The molecule has 0 aromatic heterocycles. The highest BCUT2D eigenvalue weighted by Gasteiger charge is 2.33. The highest BCUT2D eigenvalue weighted by Crippen LogP contribution is 2.17. The van der Waals surface area contributed by atoms with Crippen LogP contribution in [0, 0.1) is 11.8 Å². The molecule has 0 saturated carbocycles. The lowest BCUT2D eigenvalue weighted by molar-refractivity contribution is -0.141. The van der Waals surface area contributed by atoms with E-state index in [2.05, 4.69) is 9.44 Å². The van der Waals surface area contributed by atoms with Gasteiger partial charge in [0.15, 0.2) is 0 Å². The van der Waals surface area contributed by atoms with Crippen LogP contribution in [-0.2, 0) is 39.1 Å². The number of ether oxygens (including phenoxy) is 2. The number of hydrogen-bond donors (Lipinski definition) is 2. The first-order chi connectivity index (χ1) is 15.1. The van der Waals surface area contributed by atoms with Crippen LogP contribution in [-0.4, -0.2) is 63.6 Å². The van der Waals surface area contributed by atoms with Gasteiger partial charge >= 0.3 is 11.9 Å². The molecule has 0 amide bonds. The molecule has 0 bridgehead atoms. The van der Waals surface area contributed by atoms with Gasteiger partial charge in [0.2, 0.25) is 20.0 Å². The van der Waals surface area contributed by atoms with Gasteiger partial charge in [-0.1, -0.05) is 27.7 Å². The molecule has 0 heterocycles. The molecule has 0 rings (SSSR count). The molecule has 0 saturated heterocycles. The standard InChI is InChI=1S/C22H42N2O8S2/c1-15(2)17(23-33(27,28)21(5,6)7)13-31-19(25)11-12-20(26)32-14-18(16(3)4)24-34(29,30)22(8,9)10/h11-12,15-18,23-24H,13-14H2,1-10H3/b12-11+/t17-,18-/m0/s1. The van der Waals surface area contributed by atoms with Crippen LogP contribution in [0.2, 0.25) is 0 Å². The third-order valence-corrected chi connectivity index (χ3v) is 9.45. The normalized spacial score (nSPS) is 15.5. The number of rotatable bonds is 12. The van der Waals surface area contributed by atoms with Gasteiger partial charge in [-0.15, -0.1) is 0 Å². The minimum Gasteiger partial charge on any atom is -0.461 e. The molecular formula is C22H42N2O8S2. The minimum atomic E-state index is -3.64. The highest BCUT2D eigenvalue weighted by atomic mass is 32.2. The summed E-state index contributed by atoms with van der Waals surface area (Å²) in [5.74, 6) is -1.98. The van der Waals surface area contributed by atoms with E-state index in [0.717, 1.165) is 12.2 Å². The van der Waals surface area contributed by atoms with E-state index in [4.69, 9.17) is 9.47 Å². The van der Waals surface area contributed by atoms with Crippen LogP contribution in [0.25, 0.3) is 0 Å². The minimum absolute atomic E-state index is 0.149. The maximum Gasteiger partial charge on any atom is 0.331 e. The third kappa shape index (κ3) is 10.8. The summed E-state index contributed by atoms with van der Waals surface area (Å²) in [6, 6.07) is -1.28. The molecule has 10 nitrogen and oxygen atoms in total. The fourth-order valence-corrected chi connectivity index (χ4v) is 4.24. The number of carbonyl (C=O) groups is 2. The molecule has 0 radical (unpaired) electrons. The van der Waals surface area contributed by atoms with Crippen molar-refractivity contribution >= 4 is 32.0 Å². The first-order valence-electron chi connectivity index (χ1n) is 11.2. The topological polar surface area (TPSA) is 145 Å². The van der Waals surface area contributed by atoms with Gasteiger partial charge in [0.1, 0.15) is 13.2 Å². The van der Waals surface area contributed by atoms with Crippen molar-refractivity contribution in [1.82, 2.24) is 9.44 Å². The average Bonchev–Trinajstić information content (AvgIpc) is 2.64. The van der Waals surface area contributed by atoms with Crippen molar-refractivity contribution in [2.75, 3.05) is 13.2 Å². The van der Waals surface area contributed by atoms with E-state index in [0.29, 0.717) is 0 Å². The van der Waals surface area contributed by atoms with Crippen LogP contribution in [0.15, 0.2) is 12.2 Å². The molecular weight excluding hydrogens is 484 g/mol. The largest absolute Gasteiger partial charge is 0.461 e. The molecule has 0 spiro atoms. The van der Waals surface area contributed by atoms with E-state index in [-0.39, 0.29) is 25.0 Å². The second kappa shape index (κ2) is 12.5. The van der Waals surface area contributed by atoms with Crippen LogP contribution in [0.1, 0.15) is 69.2 Å². The number of sulfonamides is 2. The lowest BCUT2D eigenvalue weighted by Crippen LogP contribution is -2.48. The Balaban J connectivity index is 4.92. The van der Waals surface area contributed by atoms with Crippen LogP contribution in [0.3, 0.4) is 0 Å². The Morgan fingerprint density at radius 2 is 0.941 bits per heavy atom. The highest BCUT2D eigenvalue weighted by molar-refractivity contribution is 7.91. The van der Waals surface area contributed by atoms with Crippen LogP contribution < -0.4 is 9.44 Å². The Bertz CT molecular complexity index is 849. The van der Waals surface area contributed by atoms with Gasteiger partial charge in [-0.3, -0.25) is 0 Å². The van der Waals surface area contributed by atoms with Crippen molar-refractivity contribution in [3.8, 4) is 0 Å². The summed E-state index contributed by atoms with van der Waals surface area (Å²) in [6.07, 6.45) is 1.75. The second-order valence-corrected chi connectivity index (χ2v) is 15.7. The number of carbonyl (C=O) groups excluding carboxylic acids is 2. The number of hydrogen-bond acceptors (Lipinski definition) is 8. The third-order valence-electron chi connectivity index (χ3n) is 5.00. The van der Waals surface area contributed by atoms with E-state index in [1.54, 1.807) is 69.2 Å². The molecule has 0 aromatic carbocycles. The van der Waals surface area contributed by atoms with Gasteiger partial charge < -0.3 is 9.47 Å². The lowest BCUT2D eigenvalue weighted by atomic mass is 10.1. The van der Waals surface area contributed by atoms with E-state index < -0.39 is 53.6 Å². The predicted octanol–water partition coefficient (Wildman–Crippen LogP) is 2.11. The smallest absolute Gasteiger partial charge is 0.331 e. The van der Waals surface area contributed by atoms with Crippen molar-refractivity contribution in [1.29, 1.82) is 0 Å². The van der Waals surface area contributed by atoms with Gasteiger partial charge in [-0.2, -0.15) is 0 Å². The Kier molecular flexibility index (Phi) is 11.9. The van der Waals surface area contributed by atoms with Gasteiger partial charge in [0.05, 0.1) is 21.6 Å². The fourth-order valence-electron chi connectivity index (χ4n) is 2.05. The molecule has 2 N–H and O–H groups in total. The van der Waals surface area contributed by atoms with Crippen LogP contribution >= 0.6 is 0 Å². The molecule has 0 fully saturated rings. The zero-order chi connectivity index (χ0) is 27.1. The summed E-state index contributed by atoms with van der Waals surface area (Å²) in [7, 11) is -7.29. The summed E-state index contributed by atoms with van der Waals surface area (Å²) in [5, 5.41) is 0. The molecule has 0 aliphatic carbocycles. The fraction of sp³-hybridized carbons (Fsp3) is 0.818. The molecule has 12 heteroatoms. The Morgan fingerprint density at radius 3 is 1.15 bits per heavy atom. The van der Waals surface area contributed by atoms with Crippen molar-refractivity contribution < 1.29 is 35.9 Å². The molecule has 2 atom stereocenters. The van der Waals surface area contributed by atoms with Gasteiger partial charge in [-0.25, -0.2) is 35.9 Å². The quantitative estimate of drug-likeness (QED) is 0.291. The first kappa shape index (κ1) is 32.5. The summed E-state index contributed by atoms with van der Waals surface area (Å²) >= 11 is 0. The average molecular weight is 527 g/mol. The second-order valence-electron chi connectivity index (χ2n) is 10.8. The molecule has 0 aliphatic rings. The molecule has 0 aliphatic heterocycles. The van der Waals surface area contributed by atoms with Crippen LogP contribution in [0.4, 0.5) is 0 Å². The zero-order valence-electron chi connectivity index (χ0n) is 22.0. The molecule has 200 valence electrons. The Labute approximate surface area is 205 Å². The van der Waals surface area contributed by atoms with Crippen molar-refractivity contribution in [3.63, 3.8) is 0 Å². The Morgan fingerprint density at radius 1 is 0.676 bits per heavy atom.